The fraction of sp³-hybridized carbons (Fsp3) is 0.143. The first-order valence-electron chi connectivity index (χ1n) is 5.58. The summed E-state index contributed by atoms with van der Waals surface area (Å²) < 4.78 is 0. The Bertz CT molecular complexity index is 558. The molecule has 0 aliphatic heterocycles. The van der Waals surface area contributed by atoms with Crippen LogP contribution in [0.4, 0.5) is 0 Å². The molecule has 0 spiro atoms. The second-order valence-corrected chi connectivity index (χ2v) is 4.29. The molecule has 0 atom stereocenters. The van der Waals surface area contributed by atoms with Gasteiger partial charge in [-0.2, -0.15) is 5.26 Å². The van der Waals surface area contributed by atoms with E-state index in [1.807, 2.05) is 30.3 Å². The number of benzene rings is 1. The Labute approximate surface area is 111 Å². The number of pyridine rings is 1. The van der Waals surface area contributed by atoms with Gasteiger partial charge in [0.2, 0.25) is 0 Å². The van der Waals surface area contributed by atoms with Crippen LogP contribution in [0.1, 0.15) is 16.7 Å². The lowest BCUT2D eigenvalue weighted by Crippen LogP contribution is -2.12. The normalized spacial score (nSPS) is 10.0. The van der Waals surface area contributed by atoms with Gasteiger partial charge in [-0.05, 0) is 29.3 Å². The third kappa shape index (κ3) is 3.30. The third-order valence-corrected chi connectivity index (χ3v) is 2.92. The van der Waals surface area contributed by atoms with Crippen LogP contribution in [0.3, 0.4) is 0 Å². The van der Waals surface area contributed by atoms with Crippen molar-refractivity contribution in [1.29, 1.82) is 5.26 Å². The molecule has 3 nitrogen and oxygen atoms in total. The van der Waals surface area contributed by atoms with Gasteiger partial charge in [-0.15, -0.1) is 0 Å². The molecule has 18 heavy (non-hydrogen) atoms. The van der Waals surface area contributed by atoms with Crippen LogP contribution >= 0.6 is 11.6 Å². The number of hydrogen-bond acceptors (Lipinski definition) is 3. The number of halogens is 1. The van der Waals surface area contributed by atoms with Crippen molar-refractivity contribution < 1.29 is 0 Å². The van der Waals surface area contributed by atoms with Crippen LogP contribution < -0.4 is 5.32 Å². The minimum atomic E-state index is 0.671. The zero-order chi connectivity index (χ0) is 12.8. The van der Waals surface area contributed by atoms with Crippen molar-refractivity contribution in [2.45, 2.75) is 13.1 Å². The van der Waals surface area contributed by atoms with Crippen molar-refractivity contribution >= 4 is 11.6 Å². The van der Waals surface area contributed by atoms with E-state index >= 15 is 0 Å². The molecule has 0 fully saturated rings. The Hall–Kier alpha value is -1.89. The zero-order valence-corrected chi connectivity index (χ0v) is 10.5. The lowest BCUT2D eigenvalue weighted by molar-refractivity contribution is 0.693. The van der Waals surface area contributed by atoms with E-state index in [0.29, 0.717) is 17.1 Å². The summed E-state index contributed by atoms with van der Waals surface area (Å²) in [6.45, 7) is 1.44. The lowest BCUT2D eigenvalue weighted by atomic mass is 10.1. The van der Waals surface area contributed by atoms with E-state index in [0.717, 1.165) is 17.7 Å². The van der Waals surface area contributed by atoms with Gasteiger partial charge in [-0.1, -0.05) is 23.7 Å². The molecule has 4 heteroatoms. The summed E-state index contributed by atoms with van der Waals surface area (Å²) in [4.78, 5) is 3.94. The summed E-state index contributed by atoms with van der Waals surface area (Å²) >= 11 is 6.01. The first kappa shape index (κ1) is 12.6. The van der Waals surface area contributed by atoms with Gasteiger partial charge in [0.25, 0.3) is 0 Å². The van der Waals surface area contributed by atoms with Gasteiger partial charge in [0.15, 0.2) is 0 Å². The molecule has 0 aliphatic carbocycles. The van der Waals surface area contributed by atoms with Gasteiger partial charge >= 0.3 is 0 Å². The SMILES string of the molecule is N#Cc1ccc(CNCc2ccncc2Cl)cc1. The predicted octanol–water partition coefficient (Wildman–Crippen LogP) is 2.90. The van der Waals surface area contributed by atoms with E-state index in [-0.39, 0.29) is 0 Å². The van der Waals surface area contributed by atoms with E-state index in [1.165, 1.54) is 0 Å². The van der Waals surface area contributed by atoms with Crippen LogP contribution in [0.5, 0.6) is 0 Å². The summed E-state index contributed by atoms with van der Waals surface area (Å²) in [5, 5.41) is 12.7. The Morgan fingerprint density at radius 2 is 1.94 bits per heavy atom. The molecule has 0 amide bonds. The van der Waals surface area contributed by atoms with Crippen molar-refractivity contribution in [3.63, 3.8) is 0 Å². The molecule has 1 heterocycles. The molecule has 90 valence electrons. The molecular formula is C14H12ClN3. The fourth-order valence-corrected chi connectivity index (χ4v) is 1.77. The smallest absolute Gasteiger partial charge is 0.0991 e. The van der Waals surface area contributed by atoms with E-state index in [4.69, 9.17) is 16.9 Å². The van der Waals surface area contributed by atoms with Crippen LogP contribution in [0.2, 0.25) is 5.02 Å². The second kappa shape index (κ2) is 6.15. The standard InChI is InChI=1S/C14H12ClN3/c15-14-10-17-6-5-13(14)9-18-8-12-3-1-11(7-16)2-4-12/h1-6,10,18H,8-9H2. The second-order valence-electron chi connectivity index (χ2n) is 3.88. The average molecular weight is 258 g/mol. The first-order valence-corrected chi connectivity index (χ1v) is 5.95. The molecule has 2 rings (SSSR count). The van der Waals surface area contributed by atoms with Crippen molar-refractivity contribution in [3.8, 4) is 6.07 Å². The fourth-order valence-electron chi connectivity index (χ4n) is 1.59. The van der Waals surface area contributed by atoms with Gasteiger partial charge in [-0.25, -0.2) is 0 Å². The van der Waals surface area contributed by atoms with Crippen LogP contribution in [-0.2, 0) is 13.1 Å². The zero-order valence-electron chi connectivity index (χ0n) is 9.73. The van der Waals surface area contributed by atoms with Gasteiger partial charge in [0.05, 0.1) is 16.7 Å². The summed E-state index contributed by atoms with van der Waals surface area (Å²) in [7, 11) is 0. The first-order chi connectivity index (χ1) is 8.79. The molecule has 0 bridgehead atoms. The molecule has 0 aliphatic rings. The minimum Gasteiger partial charge on any atom is -0.309 e. The van der Waals surface area contributed by atoms with E-state index in [2.05, 4.69) is 16.4 Å². The Morgan fingerprint density at radius 1 is 1.17 bits per heavy atom. The number of nitrogens with one attached hydrogen (secondary N) is 1. The summed E-state index contributed by atoms with van der Waals surface area (Å²) in [6, 6.07) is 11.5. The lowest BCUT2D eigenvalue weighted by Gasteiger charge is -2.06. The number of nitrogens with zero attached hydrogens (tertiary/aromatic N) is 2. The number of rotatable bonds is 4. The molecule has 0 saturated heterocycles. The van der Waals surface area contributed by atoms with Gasteiger partial charge in [0.1, 0.15) is 0 Å². The van der Waals surface area contributed by atoms with Crippen molar-refractivity contribution in [3.05, 3.63) is 64.4 Å². The van der Waals surface area contributed by atoms with Crippen LogP contribution in [0, 0.1) is 11.3 Å². The quantitative estimate of drug-likeness (QED) is 0.916. The summed E-state index contributed by atoms with van der Waals surface area (Å²) in [5.41, 5.74) is 2.84. The van der Waals surface area contributed by atoms with E-state index in [1.54, 1.807) is 12.4 Å². The highest BCUT2D eigenvalue weighted by Crippen LogP contribution is 2.13. The molecule has 0 saturated carbocycles. The Balaban J connectivity index is 1.89. The number of nitriles is 1. The highest BCUT2D eigenvalue weighted by atomic mass is 35.5. The van der Waals surface area contributed by atoms with Crippen molar-refractivity contribution in [2.24, 2.45) is 0 Å². The molecule has 1 N–H and O–H groups in total. The monoisotopic (exact) mass is 257 g/mol. The molecule has 0 radical (unpaired) electrons. The molecular weight excluding hydrogens is 246 g/mol. The maximum atomic E-state index is 8.70. The largest absolute Gasteiger partial charge is 0.309 e. The maximum absolute atomic E-state index is 8.70. The molecule has 0 unspecified atom stereocenters. The predicted molar refractivity (Wildman–Crippen MR) is 70.9 cm³/mol. The average Bonchev–Trinajstić information content (AvgIpc) is 2.42. The van der Waals surface area contributed by atoms with Crippen molar-refractivity contribution in [2.75, 3.05) is 0 Å². The topological polar surface area (TPSA) is 48.7 Å². The van der Waals surface area contributed by atoms with E-state index < -0.39 is 0 Å². The van der Waals surface area contributed by atoms with Gasteiger partial charge < -0.3 is 5.32 Å². The van der Waals surface area contributed by atoms with Gasteiger partial charge in [0, 0.05) is 25.5 Å². The molecule has 1 aromatic heterocycles. The Morgan fingerprint density at radius 3 is 2.61 bits per heavy atom. The van der Waals surface area contributed by atoms with Gasteiger partial charge in [-0.3, -0.25) is 4.98 Å². The third-order valence-electron chi connectivity index (χ3n) is 2.58. The number of hydrogen-bond donors (Lipinski definition) is 1. The van der Waals surface area contributed by atoms with E-state index in [9.17, 15) is 0 Å². The number of aromatic nitrogens is 1. The van der Waals surface area contributed by atoms with Crippen LogP contribution in [-0.4, -0.2) is 4.98 Å². The maximum Gasteiger partial charge on any atom is 0.0991 e. The highest BCUT2D eigenvalue weighted by Gasteiger charge is 1.99. The van der Waals surface area contributed by atoms with Crippen molar-refractivity contribution in [1.82, 2.24) is 10.3 Å². The van der Waals surface area contributed by atoms with Crippen LogP contribution in [0.15, 0.2) is 42.7 Å². The highest BCUT2D eigenvalue weighted by molar-refractivity contribution is 6.31. The summed E-state index contributed by atoms with van der Waals surface area (Å²) in [6.07, 6.45) is 3.37. The minimum absolute atomic E-state index is 0.671. The molecule has 1 aromatic carbocycles. The Kier molecular flexibility index (Phi) is 4.30. The molecule has 2 aromatic rings. The van der Waals surface area contributed by atoms with Crippen LogP contribution in [0.25, 0.3) is 0 Å². The summed E-state index contributed by atoms with van der Waals surface area (Å²) in [5.74, 6) is 0.